The Morgan fingerprint density at radius 2 is 1.59 bits per heavy atom. The van der Waals surface area contributed by atoms with Crippen LogP contribution < -0.4 is 4.74 Å². The van der Waals surface area contributed by atoms with Gasteiger partial charge < -0.3 is 19.6 Å². The molecule has 1 heterocycles. The number of fused-ring (bicyclic) bond motifs is 1. The summed E-state index contributed by atoms with van der Waals surface area (Å²) < 4.78 is 5.74. The minimum absolute atomic E-state index is 0.00616. The maximum absolute atomic E-state index is 12.6. The number of hydrogen-bond acceptors (Lipinski definition) is 4. The lowest BCUT2D eigenvalue weighted by Crippen LogP contribution is -2.51. The van der Waals surface area contributed by atoms with Crippen molar-refractivity contribution in [3.05, 3.63) is 59.2 Å². The van der Waals surface area contributed by atoms with E-state index in [1.807, 2.05) is 6.07 Å². The zero-order chi connectivity index (χ0) is 20.2. The molecule has 0 radical (unpaired) electrons. The summed E-state index contributed by atoms with van der Waals surface area (Å²) in [6.07, 6.45) is 4.65. The highest BCUT2D eigenvalue weighted by Crippen LogP contribution is 2.25. The molecule has 6 nitrogen and oxygen atoms in total. The van der Waals surface area contributed by atoms with Crippen LogP contribution in [0.4, 0.5) is 0 Å². The molecule has 2 aliphatic rings. The number of hydrogen-bond donors (Lipinski definition) is 1. The Balaban J connectivity index is 1.28. The van der Waals surface area contributed by atoms with Gasteiger partial charge in [-0.3, -0.25) is 9.59 Å². The van der Waals surface area contributed by atoms with Crippen molar-refractivity contribution < 1.29 is 19.4 Å². The molecule has 1 fully saturated rings. The number of amides is 2. The van der Waals surface area contributed by atoms with Crippen molar-refractivity contribution in [1.29, 1.82) is 0 Å². The lowest BCUT2D eigenvalue weighted by atomic mass is 9.92. The maximum atomic E-state index is 12.6. The van der Waals surface area contributed by atoms with Crippen LogP contribution in [0.5, 0.6) is 11.5 Å². The molecule has 6 heteroatoms. The molecule has 0 unspecified atom stereocenters. The van der Waals surface area contributed by atoms with Gasteiger partial charge in [-0.2, -0.15) is 0 Å². The van der Waals surface area contributed by atoms with Gasteiger partial charge in [0, 0.05) is 26.2 Å². The third-order valence-corrected chi connectivity index (χ3v) is 5.74. The van der Waals surface area contributed by atoms with E-state index in [-0.39, 0.29) is 24.2 Å². The van der Waals surface area contributed by atoms with Crippen molar-refractivity contribution in [2.75, 3.05) is 32.8 Å². The number of nitrogens with zero attached hydrogens (tertiary/aromatic N) is 2. The van der Waals surface area contributed by atoms with Crippen LogP contribution in [-0.4, -0.2) is 59.5 Å². The third kappa shape index (κ3) is 4.36. The summed E-state index contributed by atoms with van der Waals surface area (Å²) in [5.74, 6) is 0.444. The molecule has 1 aliphatic heterocycles. The van der Waals surface area contributed by atoms with Crippen LogP contribution in [0.2, 0.25) is 0 Å². The van der Waals surface area contributed by atoms with Crippen molar-refractivity contribution in [2.24, 2.45) is 0 Å². The molecular formula is C23H26N2O4. The molecule has 2 amide bonds. The predicted molar refractivity (Wildman–Crippen MR) is 109 cm³/mol. The highest BCUT2D eigenvalue weighted by molar-refractivity contribution is 5.97. The molecule has 2 aromatic carbocycles. The summed E-state index contributed by atoms with van der Waals surface area (Å²) in [5.41, 5.74) is 3.01. The van der Waals surface area contributed by atoms with Crippen LogP contribution in [0.3, 0.4) is 0 Å². The smallest absolute Gasteiger partial charge is 0.260 e. The maximum Gasteiger partial charge on any atom is 0.260 e. The Hall–Kier alpha value is -3.02. The van der Waals surface area contributed by atoms with E-state index in [2.05, 4.69) is 12.1 Å². The van der Waals surface area contributed by atoms with Crippen molar-refractivity contribution in [2.45, 2.75) is 25.7 Å². The fourth-order valence-electron chi connectivity index (χ4n) is 4.02. The van der Waals surface area contributed by atoms with E-state index in [9.17, 15) is 14.7 Å². The zero-order valence-electron chi connectivity index (χ0n) is 16.5. The van der Waals surface area contributed by atoms with Crippen LogP contribution >= 0.6 is 0 Å². The summed E-state index contributed by atoms with van der Waals surface area (Å²) in [6, 6.07) is 12.6. The number of benzene rings is 2. The molecule has 4 rings (SSSR count). The molecule has 0 atom stereocenters. The first kappa shape index (κ1) is 19.3. The first-order valence-electron chi connectivity index (χ1n) is 10.2. The number of ether oxygens (including phenoxy) is 1. The van der Waals surface area contributed by atoms with Gasteiger partial charge in [-0.1, -0.05) is 18.2 Å². The summed E-state index contributed by atoms with van der Waals surface area (Å²) in [5, 5.41) is 9.88. The summed E-state index contributed by atoms with van der Waals surface area (Å²) in [6.45, 7) is 1.82. The average molecular weight is 394 g/mol. The van der Waals surface area contributed by atoms with Gasteiger partial charge in [0.2, 0.25) is 0 Å². The number of aryl methyl sites for hydroxylation is 2. The first-order chi connectivity index (χ1) is 14.1. The second-order valence-corrected chi connectivity index (χ2v) is 7.62. The topological polar surface area (TPSA) is 70.1 Å². The highest BCUT2D eigenvalue weighted by Gasteiger charge is 2.26. The second-order valence-electron chi connectivity index (χ2n) is 7.62. The van der Waals surface area contributed by atoms with E-state index in [0.717, 1.165) is 18.6 Å². The SMILES string of the molecule is O=C(COc1ccc2c(c1)CCCC2)N1CCN(C(=O)c2ccccc2O)CC1. The Kier molecular flexibility index (Phi) is 5.69. The zero-order valence-corrected chi connectivity index (χ0v) is 16.5. The molecule has 152 valence electrons. The number of carbonyl (C=O) groups is 2. The first-order valence-corrected chi connectivity index (χ1v) is 10.2. The lowest BCUT2D eigenvalue weighted by Gasteiger charge is -2.34. The normalized spacial score (nSPS) is 16.3. The highest BCUT2D eigenvalue weighted by atomic mass is 16.5. The van der Waals surface area contributed by atoms with Gasteiger partial charge in [-0.15, -0.1) is 0 Å². The van der Waals surface area contributed by atoms with E-state index in [0.29, 0.717) is 31.7 Å². The van der Waals surface area contributed by atoms with Crippen LogP contribution in [0, 0.1) is 0 Å². The number of rotatable bonds is 4. The van der Waals surface area contributed by atoms with Gasteiger partial charge >= 0.3 is 0 Å². The fraction of sp³-hybridized carbons (Fsp3) is 0.391. The van der Waals surface area contributed by atoms with E-state index < -0.39 is 0 Å². The Morgan fingerprint density at radius 1 is 0.897 bits per heavy atom. The van der Waals surface area contributed by atoms with Crippen molar-refractivity contribution in [3.8, 4) is 11.5 Å². The number of phenolic OH excluding ortho intramolecular Hbond substituents is 1. The third-order valence-electron chi connectivity index (χ3n) is 5.74. The van der Waals surface area contributed by atoms with Gasteiger partial charge in [0.05, 0.1) is 5.56 Å². The van der Waals surface area contributed by atoms with Crippen molar-refractivity contribution in [1.82, 2.24) is 9.80 Å². The standard InChI is InChI=1S/C23H26N2O4/c26-21-8-4-3-7-20(21)23(28)25-13-11-24(12-14-25)22(27)16-29-19-10-9-17-5-1-2-6-18(17)15-19/h3-4,7-10,15,26H,1-2,5-6,11-14,16H2. The fourth-order valence-corrected chi connectivity index (χ4v) is 4.02. The molecule has 1 aliphatic carbocycles. The minimum Gasteiger partial charge on any atom is -0.507 e. The number of aromatic hydroxyl groups is 1. The van der Waals surface area contributed by atoms with Gasteiger partial charge in [-0.05, 0) is 61.1 Å². The Labute approximate surface area is 170 Å². The molecule has 0 saturated carbocycles. The van der Waals surface area contributed by atoms with E-state index in [4.69, 9.17) is 4.74 Å². The molecule has 1 N–H and O–H groups in total. The van der Waals surface area contributed by atoms with E-state index in [1.54, 1.807) is 28.0 Å². The minimum atomic E-state index is -0.208. The molecule has 1 saturated heterocycles. The average Bonchev–Trinajstić information content (AvgIpc) is 2.77. The lowest BCUT2D eigenvalue weighted by molar-refractivity contribution is -0.134. The number of carbonyl (C=O) groups excluding carboxylic acids is 2. The van der Waals surface area contributed by atoms with Gasteiger partial charge in [0.1, 0.15) is 11.5 Å². The van der Waals surface area contributed by atoms with Gasteiger partial charge in [-0.25, -0.2) is 0 Å². The Morgan fingerprint density at radius 3 is 2.34 bits per heavy atom. The van der Waals surface area contributed by atoms with Crippen LogP contribution in [0.15, 0.2) is 42.5 Å². The summed E-state index contributed by atoms with van der Waals surface area (Å²) in [4.78, 5) is 28.5. The van der Waals surface area contributed by atoms with E-state index in [1.165, 1.54) is 30.0 Å². The molecule has 29 heavy (non-hydrogen) atoms. The predicted octanol–water partition coefficient (Wildman–Crippen LogP) is 2.63. The second kappa shape index (κ2) is 8.55. The Bertz CT molecular complexity index is 904. The molecule has 0 aromatic heterocycles. The van der Waals surface area contributed by atoms with Crippen LogP contribution in [-0.2, 0) is 17.6 Å². The molecule has 2 aromatic rings. The molecular weight excluding hydrogens is 368 g/mol. The molecule has 0 spiro atoms. The van der Waals surface area contributed by atoms with Gasteiger partial charge in [0.15, 0.2) is 6.61 Å². The number of phenols is 1. The van der Waals surface area contributed by atoms with Crippen LogP contribution in [0.1, 0.15) is 34.3 Å². The largest absolute Gasteiger partial charge is 0.507 e. The quantitative estimate of drug-likeness (QED) is 0.866. The van der Waals surface area contributed by atoms with Crippen LogP contribution in [0.25, 0.3) is 0 Å². The number of piperazine rings is 1. The van der Waals surface area contributed by atoms with Crippen molar-refractivity contribution >= 4 is 11.8 Å². The van der Waals surface area contributed by atoms with E-state index >= 15 is 0 Å². The summed E-state index contributed by atoms with van der Waals surface area (Å²) >= 11 is 0. The summed E-state index contributed by atoms with van der Waals surface area (Å²) in [7, 11) is 0. The van der Waals surface area contributed by atoms with Gasteiger partial charge in [0.25, 0.3) is 11.8 Å². The monoisotopic (exact) mass is 394 g/mol. The van der Waals surface area contributed by atoms with Crippen molar-refractivity contribution in [3.63, 3.8) is 0 Å². The number of para-hydroxylation sites is 1. The molecule has 0 bridgehead atoms.